The quantitative estimate of drug-likeness (QED) is 0.454. The van der Waals surface area contributed by atoms with Crippen molar-refractivity contribution in [3.05, 3.63) is 99.0 Å². The minimum Gasteiger partial charge on any atom is -0.322 e. The number of pyridine rings is 1. The van der Waals surface area contributed by atoms with E-state index in [1.165, 1.54) is 6.07 Å². The number of carbonyl (C=O) groups excluding carboxylic acids is 1. The fourth-order valence-corrected chi connectivity index (χ4v) is 4.00. The number of hydrogen-bond donors (Lipinski definition) is 2. The number of aromatic nitrogens is 3. The molecule has 2 aromatic heterocycles. The van der Waals surface area contributed by atoms with Crippen molar-refractivity contribution in [2.75, 3.05) is 5.32 Å². The molecular formula is C23H20N4O3S. The highest BCUT2D eigenvalue weighted by atomic mass is 32.2. The molecule has 31 heavy (non-hydrogen) atoms. The van der Waals surface area contributed by atoms with E-state index in [1.54, 1.807) is 37.0 Å². The molecule has 0 aliphatic carbocycles. The van der Waals surface area contributed by atoms with Crippen LogP contribution in [0.3, 0.4) is 0 Å². The van der Waals surface area contributed by atoms with Crippen LogP contribution in [0.5, 0.6) is 0 Å². The summed E-state index contributed by atoms with van der Waals surface area (Å²) in [6.07, 6.45) is 3.59. The minimum absolute atomic E-state index is 0.281. The molecule has 0 spiro atoms. The highest BCUT2D eigenvalue weighted by Gasteiger charge is 2.11. The zero-order chi connectivity index (χ0) is 21.8. The monoisotopic (exact) mass is 432 g/mol. The Bertz CT molecular complexity index is 1350. The van der Waals surface area contributed by atoms with Gasteiger partial charge in [0.2, 0.25) is 0 Å². The summed E-state index contributed by atoms with van der Waals surface area (Å²) in [4.78, 5) is 44.9. The van der Waals surface area contributed by atoms with Crippen LogP contribution in [0.25, 0.3) is 10.9 Å². The Labute approximate surface area is 182 Å². The van der Waals surface area contributed by atoms with Crippen LogP contribution in [0.4, 0.5) is 5.69 Å². The van der Waals surface area contributed by atoms with Crippen molar-refractivity contribution in [2.45, 2.75) is 24.1 Å². The van der Waals surface area contributed by atoms with Crippen LogP contribution in [0.1, 0.15) is 22.8 Å². The van der Waals surface area contributed by atoms with E-state index >= 15 is 0 Å². The van der Waals surface area contributed by atoms with Gasteiger partial charge >= 0.3 is 5.69 Å². The van der Waals surface area contributed by atoms with E-state index in [4.69, 9.17) is 0 Å². The molecule has 4 aromatic rings. The number of carbonyl (C=O) groups is 1. The topological polar surface area (TPSA) is 96.8 Å². The summed E-state index contributed by atoms with van der Waals surface area (Å²) in [6.45, 7) is 2.01. The Kier molecular flexibility index (Phi) is 5.99. The van der Waals surface area contributed by atoms with Gasteiger partial charge in [-0.05, 0) is 61.0 Å². The lowest BCUT2D eigenvalue weighted by molar-refractivity contribution is 0.102. The maximum Gasteiger partial charge on any atom is 0.328 e. The number of anilines is 1. The Hall–Kier alpha value is -3.65. The normalized spacial score (nSPS) is 10.9. The van der Waals surface area contributed by atoms with Gasteiger partial charge in [0.15, 0.2) is 0 Å². The first-order valence-corrected chi connectivity index (χ1v) is 10.7. The van der Waals surface area contributed by atoms with E-state index in [2.05, 4.69) is 15.3 Å². The molecule has 0 saturated carbocycles. The molecule has 0 bridgehead atoms. The van der Waals surface area contributed by atoms with Gasteiger partial charge in [0.05, 0.1) is 10.9 Å². The SMILES string of the molecule is CCn1c(=O)[nH]c2cc(C(=O)Nc3ccc(SCc4cccnc4)cc3)ccc2c1=O. The number of benzene rings is 2. The molecule has 2 N–H and O–H groups in total. The molecule has 1 amide bonds. The Morgan fingerprint density at radius 2 is 1.94 bits per heavy atom. The highest BCUT2D eigenvalue weighted by Crippen LogP contribution is 2.24. The molecule has 0 fully saturated rings. The van der Waals surface area contributed by atoms with Crippen molar-refractivity contribution in [1.82, 2.24) is 14.5 Å². The summed E-state index contributed by atoms with van der Waals surface area (Å²) in [5, 5.41) is 3.21. The van der Waals surface area contributed by atoms with Crippen LogP contribution in [-0.2, 0) is 12.3 Å². The number of hydrogen-bond acceptors (Lipinski definition) is 5. The van der Waals surface area contributed by atoms with Gasteiger partial charge in [-0.25, -0.2) is 4.79 Å². The second-order valence-corrected chi connectivity index (χ2v) is 7.92. The summed E-state index contributed by atoms with van der Waals surface area (Å²) in [5.74, 6) is 0.493. The third kappa shape index (κ3) is 4.59. The zero-order valence-corrected chi connectivity index (χ0v) is 17.6. The van der Waals surface area contributed by atoms with E-state index in [1.807, 2.05) is 42.6 Å². The molecule has 0 radical (unpaired) electrons. The molecule has 0 unspecified atom stereocenters. The molecule has 0 aliphatic heterocycles. The Morgan fingerprint density at radius 3 is 2.65 bits per heavy atom. The molecule has 4 rings (SSSR count). The number of H-pyrrole nitrogens is 1. The van der Waals surface area contributed by atoms with E-state index < -0.39 is 5.69 Å². The number of nitrogens with zero attached hydrogens (tertiary/aromatic N) is 2. The van der Waals surface area contributed by atoms with E-state index in [9.17, 15) is 14.4 Å². The van der Waals surface area contributed by atoms with Crippen LogP contribution in [-0.4, -0.2) is 20.4 Å². The number of aromatic amines is 1. The number of amides is 1. The molecular weight excluding hydrogens is 412 g/mol. The van der Waals surface area contributed by atoms with E-state index in [0.29, 0.717) is 22.2 Å². The smallest absolute Gasteiger partial charge is 0.322 e. The first kappa shape index (κ1) is 20.6. The van der Waals surface area contributed by atoms with Crippen LogP contribution < -0.4 is 16.6 Å². The summed E-state index contributed by atoms with van der Waals surface area (Å²) < 4.78 is 1.12. The van der Waals surface area contributed by atoms with Gasteiger partial charge in [-0.1, -0.05) is 6.07 Å². The first-order valence-electron chi connectivity index (χ1n) is 9.75. The third-order valence-corrected chi connectivity index (χ3v) is 5.88. The standard InChI is InChI=1S/C23H20N4O3S/c1-2-27-22(29)19-10-5-16(12-20(19)26-23(27)30)21(28)25-17-6-8-18(9-7-17)31-14-15-4-3-11-24-13-15/h3-13H,2,14H2,1H3,(H,25,28)(H,26,30). The fourth-order valence-electron chi connectivity index (χ4n) is 3.17. The molecule has 0 saturated heterocycles. The van der Waals surface area contributed by atoms with Crippen molar-refractivity contribution in [1.29, 1.82) is 0 Å². The zero-order valence-electron chi connectivity index (χ0n) is 16.8. The summed E-state index contributed by atoms with van der Waals surface area (Å²) >= 11 is 1.69. The van der Waals surface area contributed by atoms with Gasteiger partial charge in [0.25, 0.3) is 11.5 Å². The van der Waals surface area contributed by atoms with Gasteiger partial charge in [0.1, 0.15) is 0 Å². The second-order valence-electron chi connectivity index (χ2n) is 6.87. The predicted octanol–water partition coefficient (Wildman–Crippen LogP) is 3.65. The van der Waals surface area contributed by atoms with Gasteiger partial charge in [-0.15, -0.1) is 11.8 Å². The van der Waals surface area contributed by atoms with Gasteiger partial charge in [0, 0.05) is 40.8 Å². The maximum atomic E-state index is 12.6. The average molecular weight is 433 g/mol. The lowest BCUT2D eigenvalue weighted by Crippen LogP contribution is -2.34. The van der Waals surface area contributed by atoms with Gasteiger partial charge in [-0.2, -0.15) is 0 Å². The number of rotatable bonds is 6. The van der Waals surface area contributed by atoms with Crippen molar-refractivity contribution in [2.24, 2.45) is 0 Å². The van der Waals surface area contributed by atoms with Crippen molar-refractivity contribution in [3.63, 3.8) is 0 Å². The summed E-state index contributed by atoms with van der Waals surface area (Å²) in [6, 6.07) is 16.2. The molecule has 2 aromatic carbocycles. The third-order valence-electron chi connectivity index (χ3n) is 4.80. The predicted molar refractivity (Wildman–Crippen MR) is 123 cm³/mol. The number of nitrogens with one attached hydrogen (secondary N) is 2. The van der Waals surface area contributed by atoms with Crippen LogP contribution in [0.2, 0.25) is 0 Å². The Morgan fingerprint density at radius 1 is 1.13 bits per heavy atom. The summed E-state index contributed by atoms with van der Waals surface area (Å²) in [7, 11) is 0. The van der Waals surface area contributed by atoms with Crippen LogP contribution >= 0.6 is 11.8 Å². The minimum atomic E-state index is -0.489. The Balaban J connectivity index is 1.47. The largest absolute Gasteiger partial charge is 0.328 e. The number of fused-ring (bicyclic) bond motifs is 1. The van der Waals surface area contributed by atoms with Crippen molar-refractivity contribution in [3.8, 4) is 0 Å². The molecule has 8 heteroatoms. The molecule has 0 atom stereocenters. The maximum absolute atomic E-state index is 12.6. The van der Waals surface area contributed by atoms with Crippen LogP contribution in [0.15, 0.2) is 81.5 Å². The second kappa shape index (κ2) is 9.01. The molecule has 0 aliphatic rings. The van der Waals surface area contributed by atoms with E-state index in [-0.39, 0.29) is 18.0 Å². The summed E-state index contributed by atoms with van der Waals surface area (Å²) in [5.41, 5.74) is 1.64. The number of thioether (sulfide) groups is 1. The van der Waals surface area contributed by atoms with E-state index in [0.717, 1.165) is 20.8 Å². The molecule has 156 valence electrons. The lowest BCUT2D eigenvalue weighted by atomic mass is 10.1. The highest BCUT2D eigenvalue weighted by molar-refractivity contribution is 7.98. The average Bonchev–Trinajstić information content (AvgIpc) is 2.79. The van der Waals surface area contributed by atoms with Crippen molar-refractivity contribution >= 4 is 34.3 Å². The fraction of sp³-hybridized carbons (Fsp3) is 0.130. The molecule has 7 nitrogen and oxygen atoms in total. The lowest BCUT2D eigenvalue weighted by Gasteiger charge is -2.08. The van der Waals surface area contributed by atoms with Gasteiger partial charge in [-0.3, -0.25) is 19.1 Å². The first-order chi connectivity index (χ1) is 15.0. The van der Waals surface area contributed by atoms with Crippen LogP contribution in [0, 0.1) is 0 Å². The van der Waals surface area contributed by atoms with Gasteiger partial charge < -0.3 is 10.3 Å². The van der Waals surface area contributed by atoms with Crippen molar-refractivity contribution < 1.29 is 4.79 Å². The molecule has 2 heterocycles.